The van der Waals surface area contributed by atoms with Crippen LogP contribution in [-0.2, 0) is 4.79 Å². The van der Waals surface area contributed by atoms with E-state index in [2.05, 4.69) is 5.32 Å². The van der Waals surface area contributed by atoms with Gasteiger partial charge in [0.15, 0.2) is 5.16 Å². The van der Waals surface area contributed by atoms with Gasteiger partial charge in [0.25, 0.3) is 5.56 Å². The summed E-state index contributed by atoms with van der Waals surface area (Å²) in [5.74, 6) is -0.0514. The molecule has 0 aliphatic rings. The molecule has 3 rings (SSSR count). The molecule has 0 fully saturated rings. The van der Waals surface area contributed by atoms with E-state index >= 15 is 0 Å². The fourth-order valence-corrected chi connectivity index (χ4v) is 5.59. The van der Waals surface area contributed by atoms with E-state index in [0.717, 1.165) is 26.4 Å². The van der Waals surface area contributed by atoms with Crippen LogP contribution in [0.25, 0.3) is 10.2 Å². The molecular weight excluding hydrogens is 426 g/mol. The van der Waals surface area contributed by atoms with Crippen molar-refractivity contribution in [3.8, 4) is 0 Å². The van der Waals surface area contributed by atoms with Gasteiger partial charge < -0.3 is 5.32 Å². The molecule has 1 amide bonds. The van der Waals surface area contributed by atoms with Crippen LogP contribution in [0, 0.1) is 27.7 Å². The van der Waals surface area contributed by atoms with Gasteiger partial charge >= 0.3 is 0 Å². The highest BCUT2D eigenvalue weighted by Gasteiger charge is 2.19. The number of aryl methyl sites for hydroxylation is 4. The van der Waals surface area contributed by atoms with E-state index in [1.54, 1.807) is 4.57 Å². The second-order valence-corrected chi connectivity index (χ2v) is 9.96. The van der Waals surface area contributed by atoms with Crippen molar-refractivity contribution in [1.82, 2.24) is 9.55 Å². The van der Waals surface area contributed by atoms with Gasteiger partial charge in [-0.1, -0.05) is 29.4 Å². The van der Waals surface area contributed by atoms with Gasteiger partial charge in [0, 0.05) is 10.9 Å². The number of carbonyl (C=O) groups excluding carboxylic acids is 1. The van der Waals surface area contributed by atoms with Crippen LogP contribution in [0.1, 0.15) is 41.5 Å². The summed E-state index contributed by atoms with van der Waals surface area (Å²) in [7, 11) is 0. The number of thiophene rings is 1. The lowest BCUT2D eigenvalue weighted by Crippen LogP contribution is -2.25. The van der Waals surface area contributed by atoms with E-state index in [0.29, 0.717) is 21.3 Å². The average molecular weight is 450 g/mol. The first-order valence-electron chi connectivity index (χ1n) is 9.31. The summed E-state index contributed by atoms with van der Waals surface area (Å²) in [4.78, 5) is 32.2. The smallest absolute Gasteiger partial charge is 0.263 e. The number of carbonyl (C=O) groups is 1. The van der Waals surface area contributed by atoms with Crippen molar-refractivity contribution in [3.63, 3.8) is 0 Å². The third-order valence-electron chi connectivity index (χ3n) is 4.75. The Balaban J connectivity index is 1.88. The van der Waals surface area contributed by atoms with Crippen molar-refractivity contribution in [2.75, 3.05) is 11.1 Å². The molecule has 0 saturated heterocycles. The number of hydrogen-bond donors (Lipinski definition) is 1. The molecule has 29 heavy (non-hydrogen) atoms. The molecule has 0 unspecified atom stereocenters. The third kappa shape index (κ3) is 4.37. The van der Waals surface area contributed by atoms with Gasteiger partial charge in [-0.2, -0.15) is 0 Å². The van der Waals surface area contributed by atoms with Gasteiger partial charge in [-0.15, -0.1) is 11.3 Å². The van der Waals surface area contributed by atoms with Crippen molar-refractivity contribution in [2.24, 2.45) is 0 Å². The van der Waals surface area contributed by atoms with Crippen molar-refractivity contribution >= 4 is 56.5 Å². The molecule has 0 spiro atoms. The summed E-state index contributed by atoms with van der Waals surface area (Å²) < 4.78 is 1.67. The van der Waals surface area contributed by atoms with Crippen LogP contribution in [0.4, 0.5) is 5.69 Å². The van der Waals surface area contributed by atoms with E-state index in [4.69, 9.17) is 16.6 Å². The first-order valence-corrected chi connectivity index (χ1v) is 11.5. The summed E-state index contributed by atoms with van der Waals surface area (Å²) in [6, 6.07) is 3.74. The monoisotopic (exact) mass is 449 g/mol. The molecule has 8 heteroatoms. The number of hydrogen-bond acceptors (Lipinski definition) is 5. The Hall–Kier alpha value is -1.83. The first kappa shape index (κ1) is 21.9. The molecular formula is C21H24ClN3O2S2. The summed E-state index contributed by atoms with van der Waals surface area (Å²) >= 11 is 9.07. The van der Waals surface area contributed by atoms with Gasteiger partial charge in [0.1, 0.15) is 4.83 Å². The lowest BCUT2D eigenvalue weighted by molar-refractivity contribution is -0.113. The van der Waals surface area contributed by atoms with Crippen LogP contribution in [-0.4, -0.2) is 21.2 Å². The largest absolute Gasteiger partial charge is 0.324 e. The van der Waals surface area contributed by atoms with Crippen LogP contribution in [0.15, 0.2) is 22.1 Å². The van der Waals surface area contributed by atoms with Crippen LogP contribution >= 0.6 is 34.7 Å². The predicted molar refractivity (Wildman–Crippen MR) is 124 cm³/mol. The molecule has 2 aromatic heterocycles. The molecule has 0 saturated carbocycles. The Labute approximate surface area is 183 Å². The second kappa shape index (κ2) is 8.50. The van der Waals surface area contributed by atoms with E-state index < -0.39 is 0 Å². The van der Waals surface area contributed by atoms with E-state index in [1.165, 1.54) is 23.1 Å². The summed E-state index contributed by atoms with van der Waals surface area (Å²) in [6.45, 7) is 11.7. The maximum atomic E-state index is 13.1. The SMILES string of the molecule is Cc1cc(C)c(NC(=O)CSc2nc3sc(C)c(C)c3c(=O)n2C(C)C)c(Cl)c1. The minimum Gasteiger partial charge on any atom is -0.324 e. The topological polar surface area (TPSA) is 64.0 Å². The normalized spacial score (nSPS) is 11.4. The fraction of sp³-hybridized carbons (Fsp3) is 0.381. The van der Waals surface area contributed by atoms with Crippen LogP contribution in [0.2, 0.25) is 5.02 Å². The highest BCUT2D eigenvalue weighted by atomic mass is 35.5. The Morgan fingerprint density at radius 3 is 2.59 bits per heavy atom. The number of anilines is 1. The first-order chi connectivity index (χ1) is 13.6. The minimum absolute atomic E-state index is 0.0489. The Morgan fingerprint density at radius 1 is 1.28 bits per heavy atom. The van der Waals surface area contributed by atoms with Crippen molar-refractivity contribution in [3.05, 3.63) is 49.1 Å². The molecule has 3 aromatic rings. The molecule has 0 atom stereocenters. The van der Waals surface area contributed by atoms with Gasteiger partial charge in [-0.25, -0.2) is 4.98 Å². The van der Waals surface area contributed by atoms with Crippen molar-refractivity contribution < 1.29 is 4.79 Å². The molecule has 0 bridgehead atoms. The van der Waals surface area contributed by atoms with Crippen LogP contribution in [0.3, 0.4) is 0 Å². The van der Waals surface area contributed by atoms with E-state index in [1.807, 2.05) is 53.7 Å². The van der Waals surface area contributed by atoms with Crippen LogP contribution in [0.5, 0.6) is 0 Å². The number of nitrogens with zero attached hydrogens (tertiary/aromatic N) is 2. The number of fused-ring (bicyclic) bond motifs is 1. The second-order valence-electron chi connectivity index (χ2n) is 7.40. The molecule has 154 valence electrons. The number of rotatable bonds is 5. The fourth-order valence-electron chi connectivity index (χ4n) is 3.22. The van der Waals surface area contributed by atoms with Gasteiger partial charge in [-0.05, 0) is 64.3 Å². The number of amides is 1. The Morgan fingerprint density at radius 2 is 1.97 bits per heavy atom. The Bertz CT molecular complexity index is 1140. The molecule has 1 N–H and O–H groups in total. The predicted octanol–water partition coefficient (Wildman–Crippen LogP) is 5.66. The molecule has 0 aliphatic carbocycles. The number of nitrogens with one attached hydrogen (secondary N) is 1. The average Bonchev–Trinajstić information content (AvgIpc) is 2.90. The summed E-state index contributed by atoms with van der Waals surface area (Å²) in [5, 5.41) is 4.64. The molecule has 2 heterocycles. The zero-order valence-electron chi connectivity index (χ0n) is 17.3. The number of thioether (sulfide) groups is 1. The zero-order valence-corrected chi connectivity index (χ0v) is 19.7. The maximum Gasteiger partial charge on any atom is 0.263 e. The van der Waals surface area contributed by atoms with Crippen LogP contribution < -0.4 is 10.9 Å². The Kier molecular flexibility index (Phi) is 6.41. The molecule has 0 radical (unpaired) electrons. The standard InChI is InChI=1S/C21H24ClN3O2S2/c1-10(2)25-20(27)17-13(5)14(6)29-19(17)24-21(25)28-9-16(26)23-18-12(4)7-11(3)8-15(18)22/h7-8,10H,9H2,1-6H3,(H,23,26). The maximum absolute atomic E-state index is 13.1. The third-order valence-corrected chi connectivity index (χ3v) is 7.10. The quantitative estimate of drug-likeness (QED) is 0.403. The summed E-state index contributed by atoms with van der Waals surface area (Å²) in [6.07, 6.45) is 0. The molecule has 1 aromatic carbocycles. The molecule has 5 nitrogen and oxygen atoms in total. The lowest BCUT2D eigenvalue weighted by Gasteiger charge is -2.16. The highest BCUT2D eigenvalue weighted by molar-refractivity contribution is 7.99. The van der Waals surface area contributed by atoms with Gasteiger partial charge in [-0.3, -0.25) is 14.2 Å². The van der Waals surface area contributed by atoms with Crippen molar-refractivity contribution in [1.29, 1.82) is 0 Å². The summed E-state index contributed by atoms with van der Waals surface area (Å²) in [5.41, 5.74) is 3.51. The minimum atomic E-state index is -0.188. The number of aromatic nitrogens is 2. The highest BCUT2D eigenvalue weighted by Crippen LogP contribution is 2.30. The number of halogens is 1. The molecule has 0 aliphatic heterocycles. The van der Waals surface area contributed by atoms with Gasteiger partial charge in [0.05, 0.1) is 21.8 Å². The zero-order chi connectivity index (χ0) is 21.5. The van der Waals surface area contributed by atoms with Gasteiger partial charge in [0.2, 0.25) is 5.91 Å². The van der Waals surface area contributed by atoms with E-state index in [9.17, 15) is 9.59 Å². The van der Waals surface area contributed by atoms with Crippen molar-refractivity contribution in [2.45, 2.75) is 52.7 Å². The lowest BCUT2D eigenvalue weighted by atomic mass is 10.1. The number of benzene rings is 1. The van der Waals surface area contributed by atoms with E-state index in [-0.39, 0.29) is 23.3 Å².